The highest BCUT2D eigenvalue weighted by Gasteiger charge is 2.60. The van der Waals surface area contributed by atoms with Gasteiger partial charge in [0, 0.05) is 12.5 Å². The summed E-state index contributed by atoms with van der Waals surface area (Å²) in [7, 11) is 0. The molecule has 0 bridgehead atoms. The first-order valence-corrected chi connectivity index (χ1v) is 11.1. The Hall–Kier alpha value is -0.640. The van der Waals surface area contributed by atoms with Crippen molar-refractivity contribution < 1.29 is 14.9 Å². The Kier molecular flexibility index (Phi) is 4.04. The summed E-state index contributed by atoms with van der Waals surface area (Å²) in [6.07, 6.45) is 12.7. The zero-order valence-corrected chi connectivity index (χ0v) is 17.2. The molecule has 1 heterocycles. The van der Waals surface area contributed by atoms with E-state index in [1.165, 1.54) is 37.7 Å². The minimum Gasteiger partial charge on any atom is -0.396 e. The molecule has 8 unspecified atom stereocenters. The summed E-state index contributed by atoms with van der Waals surface area (Å²) in [5, 5.41) is 20.7. The Balaban J connectivity index is 1.54. The molecular weight excluding hydrogens is 336 g/mol. The fourth-order valence-corrected chi connectivity index (χ4v) is 8.38. The van der Waals surface area contributed by atoms with Crippen molar-refractivity contribution in [2.45, 2.75) is 72.0 Å². The monoisotopic (exact) mass is 372 g/mol. The average Bonchev–Trinajstić information content (AvgIpc) is 3.03. The van der Waals surface area contributed by atoms with Crippen molar-refractivity contribution in [1.29, 1.82) is 0 Å². The lowest BCUT2D eigenvalue weighted by atomic mass is 9.42. The van der Waals surface area contributed by atoms with Crippen molar-refractivity contribution in [2.75, 3.05) is 13.2 Å². The van der Waals surface area contributed by atoms with Gasteiger partial charge in [-0.25, -0.2) is 0 Å². The predicted molar refractivity (Wildman–Crippen MR) is 106 cm³/mol. The zero-order valence-electron chi connectivity index (χ0n) is 17.2. The maximum atomic E-state index is 10.6. The van der Waals surface area contributed by atoms with Gasteiger partial charge in [-0.15, -0.1) is 0 Å². The molecule has 0 aromatic carbocycles. The van der Waals surface area contributed by atoms with Crippen LogP contribution in [0.5, 0.6) is 0 Å². The molecule has 3 nitrogen and oxygen atoms in total. The Labute approximate surface area is 163 Å². The van der Waals surface area contributed by atoms with Crippen LogP contribution in [-0.4, -0.2) is 29.7 Å². The first kappa shape index (κ1) is 18.4. The average molecular weight is 373 g/mol. The Morgan fingerprint density at radius 3 is 2.63 bits per heavy atom. The summed E-state index contributed by atoms with van der Waals surface area (Å²) in [6, 6.07) is 0. The summed E-state index contributed by atoms with van der Waals surface area (Å²) in [4.78, 5) is 0. The smallest absolute Gasteiger partial charge is 0.162 e. The van der Waals surface area contributed by atoms with Gasteiger partial charge in [-0.2, -0.15) is 0 Å². The van der Waals surface area contributed by atoms with Crippen molar-refractivity contribution >= 4 is 0 Å². The molecule has 5 rings (SSSR count). The van der Waals surface area contributed by atoms with E-state index in [9.17, 15) is 10.2 Å². The van der Waals surface area contributed by atoms with E-state index < -0.39 is 6.29 Å². The maximum Gasteiger partial charge on any atom is 0.162 e. The summed E-state index contributed by atoms with van der Waals surface area (Å²) in [5.41, 5.74) is 3.53. The number of rotatable bonds is 1. The van der Waals surface area contributed by atoms with Gasteiger partial charge < -0.3 is 14.9 Å². The van der Waals surface area contributed by atoms with Gasteiger partial charge in [0.15, 0.2) is 6.29 Å². The van der Waals surface area contributed by atoms with E-state index in [2.05, 4.69) is 32.9 Å². The van der Waals surface area contributed by atoms with E-state index in [1.54, 1.807) is 5.57 Å². The molecule has 0 aromatic heterocycles. The molecule has 2 N–H and O–H groups in total. The number of fused-ring (bicyclic) bond motifs is 7. The first-order chi connectivity index (χ1) is 12.8. The van der Waals surface area contributed by atoms with E-state index >= 15 is 0 Å². The lowest BCUT2D eigenvalue weighted by molar-refractivity contribution is -0.131. The number of aliphatic hydroxyl groups excluding tert-OH is 2. The van der Waals surface area contributed by atoms with Gasteiger partial charge in [0.2, 0.25) is 0 Å². The fraction of sp³-hybridized carbons (Fsp3) is 0.833. The van der Waals surface area contributed by atoms with Gasteiger partial charge in [-0.05, 0) is 78.1 Å². The van der Waals surface area contributed by atoms with Gasteiger partial charge in [-0.1, -0.05) is 44.9 Å². The summed E-state index contributed by atoms with van der Waals surface area (Å²) < 4.78 is 5.64. The third-order valence-electron chi connectivity index (χ3n) is 9.85. The largest absolute Gasteiger partial charge is 0.396 e. The van der Waals surface area contributed by atoms with E-state index in [-0.39, 0.29) is 16.7 Å². The molecule has 150 valence electrons. The summed E-state index contributed by atoms with van der Waals surface area (Å²) >= 11 is 0. The molecule has 5 aliphatic rings. The van der Waals surface area contributed by atoms with Crippen LogP contribution in [0.1, 0.15) is 65.7 Å². The van der Waals surface area contributed by atoms with Crippen molar-refractivity contribution in [1.82, 2.24) is 0 Å². The van der Waals surface area contributed by atoms with Gasteiger partial charge in [0.05, 0.1) is 6.61 Å². The Morgan fingerprint density at radius 1 is 1.04 bits per heavy atom. The van der Waals surface area contributed by atoms with E-state index in [0.717, 1.165) is 12.8 Å². The van der Waals surface area contributed by atoms with Crippen LogP contribution in [0.25, 0.3) is 0 Å². The maximum absolute atomic E-state index is 10.6. The normalized spacial score (nSPS) is 54.2. The molecule has 1 saturated heterocycles. The van der Waals surface area contributed by atoms with Crippen LogP contribution >= 0.6 is 0 Å². The van der Waals surface area contributed by atoms with Gasteiger partial charge in [0.25, 0.3) is 0 Å². The van der Waals surface area contributed by atoms with Crippen LogP contribution in [-0.2, 0) is 4.74 Å². The molecule has 0 radical (unpaired) electrons. The van der Waals surface area contributed by atoms with E-state index in [0.29, 0.717) is 36.4 Å². The van der Waals surface area contributed by atoms with E-state index in [4.69, 9.17) is 4.74 Å². The fourth-order valence-electron chi connectivity index (χ4n) is 8.38. The highest BCUT2D eigenvalue weighted by molar-refractivity contribution is 5.33. The second-order valence-electron chi connectivity index (χ2n) is 11.0. The van der Waals surface area contributed by atoms with Gasteiger partial charge in [0.1, 0.15) is 0 Å². The molecular formula is C24H36O3. The zero-order chi connectivity index (χ0) is 19.0. The summed E-state index contributed by atoms with van der Waals surface area (Å²) in [5.74, 6) is 1.96. The standard InChI is InChI=1S/C24H36O3/c1-22(14-25)10-4-11-23(2)18-9-12-24(3)17(16(18)6-8-19(22)23)7-5-15-13-27-21(26)20(15)24/h5-6,17-21,25-26H,4,7-14H2,1-3H3. The number of aliphatic hydroxyl groups is 2. The number of hydrogen-bond donors (Lipinski definition) is 2. The van der Waals surface area contributed by atoms with Crippen molar-refractivity contribution in [3.05, 3.63) is 23.3 Å². The molecule has 8 atom stereocenters. The molecule has 2 saturated carbocycles. The second kappa shape index (κ2) is 5.93. The van der Waals surface area contributed by atoms with Crippen LogP contribution < -0.4 is 0 Å². The summed E-state index contributed by atoms with van der Waals surface area (Å²) in [6.45, 7) is 8.20. The molecule has 1 aliphatic heterocycles. The first-order valence-electron chi connectivity index (χ1n) is 11.1. The minimum absolute atomic E-state index is 0.0743. The SMILES string of the molecule is CC1(CO)CCCC2(C)C3CCC4(C)C(CC=C5COC(O)C54)C3=CCC12. The highest BCUT2D eigenvalue weighted by atomic mass is 16.6. The molecule has 0 spiro atoms. The molecule has 0 aromatic rings. The number of ether oxygens (including phenoxy) is 1. The Bertz CT molecular complexity index is 696. The number of hydrogen-bond acceptors (Lipinski definition) is 3. The van der Waals surface area contributed by atoms with Crippen LogP contribution in [0.15, 0.2) is 23.3 Å². The van der Waals surface area contributed by atoms with E-state index in [1.807, 2.05) is 0 Å². The third-order valence-corrected chi connectivity index (χ3v) is 9.85. The van der Waals surface area contributed by atoms with Crippen LogP contribution in [0.3, 0.4) is 0 Å². The number of allylic oxidation sites excluding steroid dienone is 3. The molecule has 3 heteroatoms. The van der Waals surface area contributed by atoms with Crippen molar-refractivity contribution in [3.8, 4) is 0 Å². The van der Waals surface area contributed by atoms with Crippen LogP contribution in [0.2, 0.25) is 0 Å². The Morgan fingerprint density at radius 2 is 1.85 bits per heavy atom. The molecule has 3 fully saturated rings. The lowest BCUT2D eigenvalue weighted by Crippen LogP contribution is -2.55. The third kappa shape index (κ3) is 2.31. The quantitative estimate of drug-likeness (QED) is 0.669. The second-order valence-corrected chi connectivity index (χ2v) is 11.0. The van der Waals surface area contributed by atoms with Gasteiger partial charge >= 0.3 is 0 Å². The molecule has 0 amide bonds. The van der Waals surface area contributed by atoms with Gasteiger partial charge in [-0.3, -0.25) is 0 Å². The molecule has 27 heavy (non-hydrogen) atoms. The van der Waals surface area contributed by atoms with Crippen molar-refractivity contribution in [3.63, 3.8) is 0 Å². The molecule has 4 aliphatic carbocycles. The van der Waals surface area contributed by atoms with Crippen LogP contribution in [0.4, 0.5) is 0 Å². The topological polar surface area (TPSA) is 49.7 Å². The highest BCUT2D eigenvalue weighted by Crippen LogP contribution is 2.67. The van der Waals surface area contributed by atoms with Crippen LogP contribution in [0, 0.1) is 39.9 Å². The van der Waals surface area contributed by atoms with Crippen molar-refractivity contribution in [2.24, 2.45) is 39.9 Å². The lowest BCUT2D eigenvalue weighted by Gasteiger charge is -2.62. The minimum atomic E-state index is -0.625. The predicted octanol–water partition coefficient (Wildman–Crippen LogP) is 4.45.